The molecule has 21 heavy (non-hydrogen) atoms. The largest absolute Gasteiger partial charge is 0.384 e. The van der Waals surface area contributed by atoms with Crippen LogP contribution in [-0.2, 0) is 0 Å². The van der Waals surface area contributed by atoms with Crippen molar-refractivity contribution >= 4 is 5.82 Å². The predicted octanol–water partition coefficient (Wildman–Crippen LogP) is 4.06. The van der Waals surface area contributed by atoms with E-state index in [0.717, 1.165) is 23.6 Å². The van der Waals surface area contributed by atoms with Crippen molar-refractivity contribution in [3.63, 3.8) is 0 Å². The van der Waals surface area contributed by atoms with Crippen LogP contribution in [0.2, 0.25) is 0 Å². The topological polar surface area (TPSA) is 56.7 Å². The summed E-state index contributed by atoms with van der Waals surface area (Å²) < 4.78 is 2.35. The molecule has 3 rings (SSSR count). The monoisotopic (exact) mass is 284 g/mol. The van der Waals surface area contributed by atoms with Gasteiger partial charge in [-0.1, -0.05) is 26.2 Å². The van der Waals surface area contributed by atoms with Gasteiger partial charge in [-0.25, -0.2) is 9.97 Å². The third-order valence-electron chi connectivity index (χ3n) is 4.71. The summed E-state index contributed by atoms with van der Waals surface area (Å²) in [6.45, 7) is 2.28. The van der Waals surface area contributed by atoms with Gasteiger partial charge < -0.3 is 10.3 Å². The molecular formula is C17H24N4. The lowest BCUT2D eigenvalue weighted by Gasteiger charge is -2.31. The minimum atomic E-state index is 0.539. The quantitative estimate of drug-likeness (QED) is 0.921. The summed E-state index contributed by atoms with van der Waals surface area (Å²) in [7, 11) is 0. The number of rotatable bonds is 4. The molecule has 1 unspecified atom stereocenters. The van der Waals surface area contributed by atoms with E-state index in [-0.39, 0.29) is 0 Å². The van der Waals surface area contributed by atoms with Crippen molar-refractivity contribution in [2.24, 2.45) is 5.92 Å². The molecule has 2 aromatic rings. The lowest BCUT2D eigenvalue weighted by atomic mass is 9.82. The SMILES string of the molecule is CCC(C1CCCCC1)n1cncc1-c1ccnc(N)c1. The number of hydrogen-bond donors (Lipinski definition) is 1. The van der Waals surface area contributed by atoms with Gasteiger partial charge in [0.2, 0.25) is 0 Å². The molecule has 2 N–H and O–H groups in total. The Hall–Kier alpha value is -1.84. The summed E-state index contributed by atoms with van der Waals surface area (Å²) in [6.07, 6.45) is 13.7. The Balaban J connectivity index is 1.93. The summed E-state index contributed by atoms with van der Waals surface area (Å²) in [5.74, 6) is 1.34. The average Bonchev–Trinajstić information content (AvgIpc) is 2.98. The smallest absolute Gasteiger partial charge is 0.123 e. The Labute approximate surface area is 126 Å². The maximum atomic E-state index is 5.83. The fourth-order valence-corrected chi connectivity index (χ4v) is 3.68. The van der Waals surface area contributed by atoms with E-state index in [4.69, 9.17) is 5.73 Å². The van der Waals surface area contributed by atoms with Gasteiger partial charge in [0.05, 0.1) is 18.2 Å². The molecular weight excluding hydrogens is 260 g/mol. The van der Waals surface area contributed by atoms with Crippen LogP contribution in [0.3, 0.4) is 0 Å². The van der Waals surface area contributed by atoms with Gasteiger partial charge in [0.15, 0.2) is 0 Å². The maximum absolute atomic E-state index is 5.83. The Kier molecular flexibility index (Phi) is 4.23. The second-order valence-electron chi connectivity index (χ2n) is 6.03. The van der Waals surface area contributed by atoms with Crippen molar-refractivity contribution in [1.82, 2.24) is 14.5 Å². The van der Waals surface area contributed by atoms with E-state index in [9.17, 15) is 0 Å². The first-order valence-electron chi connectivity index (χ1n) is 8.03. The van der Waals surface area contributed by atoms with E-state index in [1.165, 1.54) is 32.1 Å². The molecule has 4 nitrogen and oxygen atoms in total. The Morgan fingerprint density at radius 3 is 2.86 bits per heavy atom. The molecule has 2 aromatic heterocycles. The third kappa shape index (κ3) is 2.94. The zero-order valence-corrected chi connectivity index (χ0v) is 12.7. The van der Waals surface area contributed by atoms with E-state index in [2.05, 4.69) is 21.5 Å². The zero-order chi connectivity index (χ0) is 14.7. The molecule has 0 radical (unpaired) electrons. The van der Waals surface area contributed by atoms with Gasteiger partial charge in [0.25, 0.3) is 0 Å². The van der Waals surface area contributed by atoms with Gasteiger partial charge in [-0.15, -0.1) is 0 Å². The maximum Gasteiger partial charge on any atom is 0.123 e. The number of nitrogen functional groups attached to an aromatic ring is 1. The molecule has 0 aromatic carbocycles. The van der Waals surface area contributed by atoms with Crippen molar-refractivity contribution in [1.29, 1.82) is 0 Å². The molecule has 1 atom stereocenters. The molecule has 0 spiro atoms. The first-order chi connectivity index (χ1) is 10.3. The second-order valence-corrected chi connectivity index (χ2v) is 6.03. The normalized spacial score (nSPS) is 17.8. The first kappa shape index (κ1) is 14.1. The highest BCUT2D eigenvalue weighted by molar-refractivity contribution is 5.61. The number of aromatic nitrogens is 3. The van der Waals surface area contributed by atoms with Crippen LogP contribution in [0.25, 0.3) is 11.3 Å². The Morgan fingerprint density at radius 1 is 1.33 bits per heavy atom. The average molecular weight is 284 g/mol. The summed E-state index contributed by atoms with van der Waals surface area (Å²) in [5, 5.41) is 0. The van der Waals surface area contributed by atoms with Crippen LogP contribution in [0.15, 0.2) is 30.9 Å². The lowest BCUT2D eigenvalue weighted by Crippen LogP contribution is -2.21. The fourth-order valence-electron chi connectivity index (χ4n) is 3.68. The highest BCUT2D eigenvalue weighted by Crippen LogP contribution is 2.37. The van der Waals surface area contributed by atoms with E-state index in [1.54, 1.807) is 6.20 Å². The first-order valence-corrected chi connectivity index (χ1v) is 8.03. The van der Waals surface area contributed by atoms with Crippen LogP contribution >= 0.6 is 0 Å². The summed E-state index contributed by atoms with van der Waals surface area (Å²) in [5.41, 5.74) is 8.09. The molecule has 112 valence electrons. The molecule has 1 saturated carbocycles. The highest BCUT2D eigenvalue weighted by atomic mass is 15.1. The lowest BCUT2D eigenvalue weighted by molar-refractivity contribution is 0.244. The Bertz CT molecular complexity index is 584. The molecule has 1 aliphatic carbocycles. The van der Waals surface area contributed by atoms with Crippen molar-refractivity contribution in [3.05, 3.63) is 30.9 Å². The molecule has 4 heteroatoms. The molecule has 0 bridgehead atoms. The zero-order valence-electron chi connectivity index (χ0n) is 12.7. The van der Waals surface area contributed by atoms with Crippen molar-refractivity contribution < 1.29 is 0 Å². The molecule has 0 amide bonds. The predicted molar refractivity (Wildman–Crippen MR) is 85.8 cm³/mol. The summed E-state index contributed by atoms with van der Waals surface area (Å²) >= 11 is 0. The van der Waals surface area contributed by atoms with Crippen LogP contribution in [0, 0.1) is 5.92 Å². The van der Waals surface area contributed by atoms with Crippen molar-refractivity contribution in [2.75, 3.05) is 5.73 Å². The number of hydrogen-bond acceptors (Lipinski definition) is 3. The minimum absolute atomic E-state index is 0.539. The van der Waals surface area contributed by atoms with Gasteiger partial charge in [0.1, 0.15) is 5.82 Å². The number of imidazole rings is 1. The van der Waals surface area contributed by atoms with E-state index in [0.29, 0.717) is 11.9 Å². The second kappa shape index (κ2) is 6.29. The summed E-state index contributed by atoms with van der Waals surface area (Å²) in [4.78, 5) is 8.48. The number of anilines is 1. The molecule has 2 heterocycles. The van der Waals surface area contributed by atoms with E-state index in [1.807, 2.05) is 24.7 Å². The Morgan fingerprint density at radius 2 is 2.14 bits per heavy atom. The fraction of sp³-hybridized carbons (Fsp3) is 0.529. The number of nitrogens with zero attached hydrogens (tertiary/aromatic N) is 3. The third-order valence-corrected chi connectivity index (χ3v) is 4.71. The van der Waals surface area contributed by atoms with Gasteiger partial charge in [-0.2, -0.15) is 0 Å². The van der Waals surface area contributed by atoms with Gasteiger partial charge in [-0.05, 0) is 37.3 Å². The molecule has 1 fully saturated rings. The molecule has 0 saturated heterocycles. The minimum Gasteiger partial charge on any atom is -0.384 e. The highest BCUT2D eigenvalue weighted by Gasteiger charge is 2.25. The van der Waals surface area contributed by atoms with Crippen LogP contribution in [-0.4, -0.2) is 14.5 Å². The van der Waals surface area contributed by atoms with Crippen LogP contribution in [0.4, 0.5) is 5.82 Å². The number of pyridine rings is 1. The standard InChI is InChI=1S/C17H24N4/c1-2-15(13-6-4-3-5-7-13)21-12-19-11-16(21)14-8-9-20-17(18)10-14/h8-13,15H,2-7H2,1H3,(H2,18,20). The van der Waals surface area contributed by atoms with E-state index >= 15 is 0 Å². The van der Waals surface area contributed by atoms with Gasteiger partial charge >= 0.3 is 0 Å². The molecule has 0 aliphatic heterocycles. The van der Waals surface area contributed by atoms with Crippen molar-refractivity contribution in [3.8, 4) is 11.3 Å². The van der Waals surface area contributed by atoms with Crippen molar-refractivity contribution in [2.45, 2.75) is 51.5 Å². The van der Waals surface area contributed by atoms with Crippen LogP contribution < -0.4 is 5.73 Å². The summed E-state index contributed by atoms with van der Waals surface area (Å²) in [6, 6.07) is 4.48. The molecule has 1 aliphatic rings. The van der Waals surface area contributed by atoms with Gasteiger partial charge in [0, 0.05) is 17.8 Å². The van der Waals surface area contributed by atoms with Crippen LogP contribution in [0.1, 0.15) is 51.5 Å². The van der Waals surface area contributed by atoms with E-state index < -0.39 is 0 Å². The van der Waals surface area contributed by atoms with Crippen LogP contribution in [0.5, 0.6) is 0 Å². The number of nitrogens with two attached hydrogens (primary N) is 1. The van der Waals surface area contributed by atoms with Gasteiger partial charge in [-0.3, -0.25) is 0 Å².